The monoisotopic (exact) mass is 428 g/mol. The van der Waals surface area contributed by atoms with Gasteiger partial charge in [-0.15, -0.1) is 0 Å². The van der Waals surface area contributed by atoms with Crippen LogP contribution >= 0.6 is 0 Å². The highest BCUT2D eigenvalue weighted by molar-refractivity contribution is 6.15. The number of benzene rings is 2. The Bertz CT molecular complexity index is 1270. The van der Waals surface area contributed by atoms with Gasteiger partial charge in [-0.25, -0.2) is 0 Å². The van der Waals surface area contributed by atoms with E-state index in [0.717, 1.165) is 28.1 Å². The van der Waals surface area contributed by atoms with Crippen LogP contribution in [0, 0.1) is 6.92 Å². The summed E-state index contributed by atoms with van der Waals surface area (Å²) in [6.45, 7) is 3.95. The maximum absolute atomic E-state index is 13.1. The highest BCUT2D eigenvalue weighted by atomic mass is 16.7. The van der Waals surface area contributed by atoms with E-state index in [1.54, 1.807) is 12.3 Å². The summed E-state index contributed by atoms with van der Waals surface area (Å²) in [7, 11) is 0. The van der Waals surface area contributed by atoms with Crippen LogP contribution in [0.5, 0.6) is 23.0 Å². The molecule has 0 amide bonds. The van der Waals surface area contributed by atoms with Gasteiger partial charge in [-0.05, 0) is 48.9 Å². The molecule has 2 aromatic carbocycles. The van der Waals surface area contributed by atoms with E-state index in [1.165, 1.54) is 0 Å². The van der Waals surface area contributed by atoms with E-state index in [2.05, 4.69) is 9.88 Å². The first-order valence-corrected chi connectivity index (χ1v) is 10.4. The molecule has 7 heteroatoms. The number of allylic oxidation sites excluding steroid dienone is 1. The zero-order chi connectivity index (χ0) is 21.7. The summed E-state index contributed by atoms with van der Waals surface area (Å²) >= 11 is 0. The third kappa shape index (κ3) is 3.18. The highest BCUT2D eigenvalue weighted by Gasteiger charge is 2.33. The molecule has 0 N–H and O–H groups in total. The number of rotatable bonds is 3. The number of pyridine rings is 1. The van der Waals surface area contributed by atoms with Gasteiger partial charge in [0.1, 0.15) is 18.2 Å². The molecule has 3 aliphatic heterocycles. The number of aromatic nitrogens is 1. The van der Waals surface area contributed by atoms with Gasteiger partial charge >= 0.3 is 0 Å². The second-order valence-electron chi connectivity index (χ2n) is 8.00. The molecule has 3 aliphatic rings. The number of ketones is 1. The van der Waals surface area contributed by atoms with Gasteiger partial charge in [0, 0.05) is 30.4 Å². The molecule has 0 fully saturated rings. The van der Waals surface area contributed by atoms with Crippen molar-refractivity contribution in [2.45, 2.75) is 20.0 Å². The summed E-state index contributed by atoms with van der Waals surface area (Å²) in [6.07, 6.45) is 3.52. The lowest BCUT2D eigenvalue weighted by Gasteiger charge is -2.30. The molecule has 7 nitrogen and oxygen atoms in total. The fourth-order valence-electron chi connectivity index (χ4n) is 4.27. The highest BCUT2D eigenvalue weighted by Crippen LogP contribution is 2.43. The average molecular weight is 428 g/mol. The van der Waals surface area contributed by atoms with Gasteiger partial charge in [0.05, 0.1) is 11.3 Å². The van der Waals surface area contributed by atoms with E-state index in [1.807, 2.05) is 49.4 Å². The summed E-state index contributed by atoms with van der Waals surface area (Å²) in [5.74, 6) is 2.87. The van der Waals surface area contributed by atoms with Gasteiger partial charge in [0.25, 0.3) is 0 Å². The van der Waals surface area contributed by atoms with Crippen molar-refractivity contribution in [2.24, 2.45) is 0 Å². The minimum atomic E-state index is -0.134. The predicted octanol–water partition coefficient (Wildman–Crippen LogP) is 4.09. The van der Waals surface area contributed by atoms with Crippen LogP contribution in [0.1, 0.15) is 32.7 Å². The molecule has 4 heterocycles. The Morgan fingerprint density at radius 3 is 2.84 bits per heavy atom. The van der Waals surface area contributed by atoms with Gasteiger partial charge in [-0.1, -0.05) is 12.1 Å². The Hall–Kier alpha value is -3.84. The van der Waals surface area contributed by atoms with Gasteiger partial charge < -0.3 is 18.9 Å². The molecule has 160 valence electrons. The molecule has 0 spiro atoms. The molecule has 0 atom stereocenters. The zero-order valence-electron chi connectivity index (χ0n) is 17.5. The first-order valence-electron chi connectivity index (χ1n) is 10.4. The molecular formula is C25H20N2O5. The zero-order valence-corrected chi connectivity index (χ0v) is 17.5. The lowest BCUT2D eigenvalue weighted by molar-refractivity contribution is 0.0865. The summed E-state index contributed by atoms with van der Waals surface area (Å²) in [4.78, 5) is 19.7. The Kier molecular flexibility index (Phi) is 4.36. The molecule has 0 unspecified atom stereocenters. The standard InChI is InChI=1S/C25H20N2O5/c1-15-24-17(11-27(13-29-24)12-18-4-2-3-7-26-18)10-19-23(28)22(32-25(15)19)9-16-5-6-20-21(8-16)31-14-30-20/h2-10H,11-14H2,1H3/b22-9-. The van der Waals surface area contributed by atoms with Gasteiger partial charge in [-0.3, -0.25) is 14.7 Å². The van der Waals surface area contributed by atoms with Crippen molar-refractivity contribution in [1.82, 2.24) is 9.88 Å². The Labute approximate surface area is 184 Å². The van der Waals surface area contributed by atoms with E-state index in [4.69, 9.17) is 18.9 Å². The van der Waals surface area contributed by atoms with Crippen LogP contribution in [-0.4, -0.2) is 29.2 Å². The van der Waals surface area contributed by atoms with Crippen LogP contribution in [0.4, 0.5) is 0 Å². The van der Waals surface area contributed by atoms with Crippen molar-refractivity contribution in [3.05, 3.63) is 82.4 Å². The fourth-order valence-corrected chi connectivity index (χ4v) is 4.27. The number of carbonyl (C=O) groups excluding carboxylic acids is 1. The molecule has 3 aromatic rings. The second kappa shape index (κ2) is 7.39. The molecule has 0 saturated carbocycles. The smallest absolute Gasteiger partial charge is 0.231 e. The van der Waals surface area contributed by atoms with Crippen molar-refractivity contribution in [3.63, 3.8) is 0 Å². The maximum atomic E-state index is 13.1. The third-order valence-corrected chi connectivity index (χ3v) is 5.81. The molecular weight excluding hydrogens is 408 g/mol. The van der Waals surface area contributed by atoms with Crippen LogP contribution in [-0.2, 0) is 13.1 Å². The quantitative estimate of drug-likeness (QED) is 0.582. The first-order chi connectivity index (χ1) is 15.7. The van der Waals surface area contributed by atoms with E-state index in [9.17, 15) is 4.79 Å². The number of carbonyl (C=O) groups is 1. The Balaban J connectivity index is 1.28. The summed E-state index contributed by atoms with van der Waals surface area (Å²) < 4.78 is 22.8. The summed E-state index contributed by atoms with van der Waals surface area (Å²) in [5, 5.41) is 0. The Morgan fingerprint density at radius 2 is 1.97 bits per heavy atom. The fraction of sp³-hybridized carbons (Fsp3) is 0.200. The predicted molar refractivity (Wildman–Crippen MR) is 116 cm³/mol. The maximum Gasteiger partial charge on any atom is 0.231 e. The minimum Gasteiger partial charge on any atom is -0.477 e. The molecule has 1 aromatic heterocycles. The first kappa shape index (κ1) is 18.9. The second-order valence-corrected chi connectivity index (χ2v) is 8.00. The van der Waals surface area contributed by atoms with Gasteiger partial charge in [0.15, 0.2) is 17.3 Å². The van der Waals surface area contributed by atoms with Crippen molar-refractivity contribution in [3.8, 4) is 23.0 Å². The van der Waals surface area contributed by atoms with Crippen molar-refractivity contribution < 1.29 is 23.7 Å². The number of Topliss-reactive ketones (excluding diaryl/α,β-unsaturated/α-hetero) is 1. The largest absolute Gasteiger partial charge is 0.477 e. The van der Waals surface area contributed by atoms with Gasteiger partial charge in [-0.2, -0.15) is 0 Å². The van der Waals surface area contributed by atoms with E-state index in [-0.39, 0.29) is 18.3 Å². The number of hydrogen-bond donors (Lipinski definition) is 0. The van der Waals surface area contributed by atoms with Crippen LogP contribution in [0.3, 0.4) is 0 Å². The normalized spacial score (nSPS) is 17.7. The number of hydrogen-bond acceptors (Lipinski definition) is 7. The van der Waals surface area contributed by atoms with Crippen LogP contribution in [0.15, 0.2) is 54.4 Å². The third-order valence-electron chi connectivity index (χ3n) is 5.81. The summed E-state index contributed by atoms with van der Waals surface area (Å²) in [6, 6.07) is 13.3. The summed E-state index contributed by atoms with van der Waals surface area (Å²) in [5.41, 5.74) is 4.18. The topological polar surface area (TPSA) is 70.1 Å². The van der Waals surface area contributed by atoms with Gasteiger partial charge in [0.2, 0.25) is 12.6 Å². The molecule has 6 rings (SSSR count). The van der Waals surface area contributed by atoms with Crippen molar-refractivity contribution >= 4 is 11.9 Å². The molecule has 0 bridgehead atoms. The van der Waals surface area contributed by atoms with Crippen LogP contribution in [0.25, 0.3) is 6.08 Å². The van der Waals surface area contributed by atoms with E-state index < -0.39 is 0 Å². The number of ether oxygens (including phenoxy) is 4. The van der Waals surface area contributed by atoms with Crippen LogP contribution in [0.2, 0.25) is 0 Å². The van der Waals surface area contributed by atoms with Crippen molar-refractivity contribution in [1.29, 1.82) is 0 Å². The lowest BCUT2D eigenvalue weighted by Crippen LogP contribution is -2.32. The molecule has 0 radical (unpaired) electrons. The van der Waals surface area contributed by atoms with E-state index >= 15 is 0 Å². The minimum absolute atomic E-state index is 0.134. The average Bonchev–Trinajstić information content (AvgIpc) is 3.39. The van der Waals surface area contributed by atoms with E-state index in [0.29, 0.717) is 42.6 Å². The van der Waals surface area contributed by atoms with Crippen molar-refractivity contribution in [2.75, 3.05) is 13.5 Å². The number of fused-ring (bicyclic) bond motifs is 3. The molecule has 32 heavy (non-hydrogen) atoms. The number of nitrogens with zero attached hydrogens (tertiary/aromatic N) is 2. The molecule has 0 aliphatic carbocycles. The Morgan fingerprint density at radius 1 is 1.06 bits per heavy atom. The molecule has 0 saturated heterocycles. The SMILES string of the molecule is Cc1c2c(cc3c1O/C(=C\c1ccc4c(c1)OCO4)C3=O)CN(Cc1ccccn1)CO2. The van der Waals surface area contributed by atoms with Crippen LogP contribution < -0.4 is 18.9 Å². The lowest BCUT2D eigenvalue weighted by atomic mass is 10.00.